The zero-order valence-corrected chi connectivity index (χ0v) is 11.9. The van der Waals surface area contributed by atoms with Crippen LogP contribution in [0.25, 0.3) is 0 Å². The average Bonchev–Trinajstić information content (AvgIpc) is 3.12. The summed E-state index contributed by atoms with van der Waals surface area (Å²) in [5.41, 5.74) is 0. The number of anilines is 2. The zero-order valence-electron chi connectivity index (χ0n) is 11.1. The number of rotatable bonds is 4. The maximum atomic E-state index is 11.8. The van der Waals surface area contributed by atoms with Crippen molar-refractivity contribution in [2.45, 2.75) is 19.3 Å². The van der Waals surface area contributed by atoms with Gasteiger partial charge in [0.05, 0.1) is 6.42 Å². The first-order chi connectivity index (χ1) is 9.81. The van der Waals surface area contributed by atoms with Crippen LogP contribution in [-0.4, -0.2) is 29.2 Å². The second-order valence-electron chi connectivity index (χ2n) is 4.78. The Bertz CT molecular complexity index is 561. The summed E-state index contributed by atoms with van der Waals surface area (Å²) in [5, 5.41) is 13.0. The van der Waals surface area contributed by atoms with Crippen LogP contribution in [0.2, 0.25) is 0 Å². The number of carbonyl (C=O) groups excluding carboxylic acids is 1. The van der Waals surface area contributed by atoms with E-state index in [2.05, 4.69) is 20.4 Å². The van der Waals surface area contributed by atoms with E-state index < -0.39 is 0 Å². The van der Waals surface area contributed by atoms with Gasteiger partial charge in [0.2, 0.25) is 5.91 Å². The Morgan fingerprint density at radius 1 is 1.25 bits per heavy atom. The van der Waals surface area contributed by atoms with Crippen LogP contribution in [0, 0.1) is 0 Å². The van der Waals surface area contributed by atoms with Gasteiger partial charge in [0, 0.05) is 18.0 Å². The van der Waals surface area contributed by atoms with Crippen LogP contribution in [0.1, 0.15) is 17.7 Å². The van der Waals surface area contributed by atoms with Crippen molar-refractivity contribution in [1.82, 2.24) is 10.2 Å². The third kappa shape index (κ3) is 3.14. The Kier molecular flexibility index (Phi) is 3.92. The molecule has 0 atom stereocenters. The van der Waals surface area contributed by atoms with E-state index in [9.17, 15) is 4.79 Å². The summed E-state index contributed by atoms with van der Waals surface area (Å²) in [6.07, 6.45) is 2.80. The van der Waals surface area contributed by atoms with Crippen molar-refractivity contribution in [2.24, 2.45) is 0 Å². The van der Waals surface area contributed by atoms with Crippen molar-refractivity contribution in [3.8, 4) is 0 Å². The van der Waals surface area contributed by atoms with Gasteiger partial charge in [-0.2, -0.15) is 0 Å². The molecule has 1 N–H and O–H groups in total. The minimum absolute atomic E-state index is 0.0596. The fourth-order valence-electron chi connectivity index (χ4n) is 2.27. The van der Waals surface area contributed by atoms with Crippen molar-refractivity contribution < 1.29 is 4.79 Å². The van der Waals surface area contributed by atoms with Gasteiger partial charge in [-0.25, -0.2) is 0 Å². The summed E-state index contributed by atoms with van der Waals surface area (Å²) < 4.78 is 0. The van der Waals surface area contributed by atoms with E-state index in [1.54, 1.807) is 11.3 Å². The summed E-state index contributed by atoms with van der Waals surface area (Å²) in [6.45, 7) is 2.08. The smallest absolute Gasteiger partial charge is 0.230 e. The molecule has 0 aliphatic carbocycles. The lowest BCUT2D eigenvalue weighted by Gasteiger charge is -2.15. The highest BCUT2D eigenvalue weighted by Gasteiger charge is 2.14. The molecule has 0 saturated carbocycles. The van der Waals surface area contributed by atoms with Crippen molar-refractivity contribution in [3.05, 3.63) is 34.5 Å². The summed E-state index contributed by atoms with van der Waals surface area (Å²) in [6, 6.07) is 7.62. The van der Waals surface area contributed by atoms with Gasteiger partial charge < -0.3 is 10.2 Å². The molecule has 0 aromatic carbocycles. The molecule has 0 radical (unpaired) electrons. The van der Waals surface area contributed by atoms with Crippen LogP contribution in [0.3, 0.4) is 0 Å². The molecule has 1 saturated heterocycles. The molecule has 1 aliphatic heterocycles. The van der Waals surface area contributed by atoms with Gasteiger partial charge in [0.25, 0.3) is 0 Å². The van der Waals surface area contributed by atoms with Crippen molar-refractivity contribution in [3.63, 3.8) is 0 Å². The summed E-state index contributed by atoms with van der Waals surface area (Å²) >= 11 is 1.58. The van der Waals surface area contributed by atoms with E-state index in [0.29, 0.717) is 12.2 Å². The summed E-state index contributed by atoms with van der Waals surface area (Å²) in [4.78, 5) is 15.1. The molecule has 5 nitrogen and oxygen atoms in total. The average molecular weight is 288 g/mol. The van der Waals surface area contributed by atoms with E-state index in [0.717, 1.165) is 23.8 Å². The van der Waals surface area contributed by atoms with Crippen LogP contribution in [0.15, 0.2) is 29.6 Å². The maximum absolute atomic E-state index is 11.8. The Morgan fingerprint density at radius 3 is 2.75 bits per heavy atom. The molecule has 0 spiro atoms. The van der Waals surface area contributed by atoms with Crippen LogP contribution in [0.4, 0.5) is 11.6 Å². The first-order valence-corrected chi connectivity index (χ1v) is 7.60. The Labute approximate surface area is 121 Å². The van der Waals surface area contributed by atoms with Gasteiger partial charge in [-0.05, 0) is 36.4 Å². The number of aromatic nitrogens is 2. The molecule has 2 aromatic rings. The third-order valence-corrected chi connectivity index (χ3v) is 4.14. The zero-order chi connectivity index (χ0) is 13.8. The predicted octanol–water partition coefficient (Wildman–Crippen LogP) is 2.32. The van der Waals surface area contributed by atoms with E-state index in [1.165, 1.54) is 12.8 Å². The van der Waals surface area contributed by atoms with Gasteiger partial charge in [0.15, 0.2) is 11.6 Å². The second-order valence-corrected chi connectivity index (χ2v) is 5.81. The molecule has 1 amide bonds. The number of carbonyl (C=O) groups is 1. The van der Waals surface area contributed by atoms with Crippen LogP contribution >= 0.6 is 11.3 Å². The van der Waals surface area contributed by atoms with Crippen molar-refractivity contribution in [2.75, 3.05) is 23.3 Å². The lowest BCUT2D eigenvalue weighted by molar-refractivity contribution is -0.115. The van der Waals surface area contributed by atoms with E-state index in [-0.39, 0.29) is 5.91 Å². The van der Waals surface area contributed by atoms with Crippen molar-refractivity contribution in [1.29, 1.82) is 0 Å². The molecule has 3 rings (SSSR count). The fraction of sp³-hybridized carbons (Fsp3) is 0.357. The molecule has 6 heteroatoms. The molecule has 3 heterocycles. The third-order valence-electron chi connectivity index (χ3n) is 3.26. The largest absolute Gasteiger partial charge is 0.355 e. The van der Waals surface area contributed by atoms with Gasteiger partial charge in [-0.15, -0.1) is 21.5 Å². The lowest BCUT2D eigenvalue weighted by Crippen LogP contribution is -2.20. The SMILES string of the molecule is O=C(Cc1cccs1)Nc1ccc(N2CCCC2)nn1. The van der Waals surface area contributed by atoms with Crippen LogP contribution < -0.4 is 10.2 Å². The van der Waals surface area contributed by atoms with E-state index in [1.807, 2.05) is 29.6 Å². The molecule has 0 bridgehead atoms. The van der Waals surface area contributed by atoms with Gasteiger partial charge in [-0.1, -0.05) is 6.07 Å². The van der Waals surface area contributed by atoms with Gasteiger partial charge in [0.1, 0.15) is 0 Å². The lowest BCUT2D eigenvalue weighted by atomic mass is 10.3. The highest BCUT2D eigenvalue weighted by Crippen LogP contribution is 2.17. The Balaban J connectivity index is 1.58. The minimum Gasteiger partial charge on any atom is -0.355 e. The first-order valence-electron chi connectivity index (χ1n) is 6.72. The number of nitrogens with one attached hydrogen (secondary N) is 1. The molecule has 1 fully saturated rings. The Morgan fingerprint density at radius 2 is 2.10 bits per heavy atom. The number of nitrogens with zero attached hydrogens (tertiary/aromatic N) is 3. The van der Waals surface area contributed by atoms with Crippen LogP contribution in [-0.2, 0) is 11.2 Å². The summed E-state index contributed by atoms with van der Waals surface area (Å²) in [5.74, 6) is 1.34. The molecular weight excluding hydrogens is 272 g/mol. The fourth-order valence-corrected chi connectivity index (χ4v) is 2.97. The highest BCUT2D eigenvalue weighted by molar-refractivity contribution is 7.10. The van der Waals surface area contributed by atoms with E-state index in [4.69, 9.17) is 0 Å². The van der Waals surface area contributed by atoms with E-state index >= 15 is 0 Å². The molecule has 0 unspecified atom stereocenters. The van der Waals surface area contributed by atoms with Gasteiger partial charge >= 0.3 is 0 Å². The number of hydrogen-bond acceptors (Lipinski definition) is 5. The summed E-state index contributed by atoms with van der Waals surface area (Å²) in [7, 11) is 0. The normalized spacial score (nSPS) is 14.5. The van der Waals surface area contributed by atoms with Crippen LogP contribution in [0.5, 0.6) is 0 Å². The second kappa shape index (κ2) is 6.00. The molecule has 1 aliphatic rings. The Hall–Kier alpha value is -1.95. The number of thiophene rings is 1. The predicted molar refractivity (Wildman–Crippen MR) is 80.1 cm³/mol. The first kappa shape index (κ1) is 13.1. The van der Waals surface area contributed by atoms with Crippen molar-refractivity contribution >= 4 is 28.9 Å². The monoisotopic (exact) mass is 288 g/mol. The molecular formula is C14H16N4OS. The molecule has 2 aromatic heterocycles. The molecule has 104 valence electrons. The maximum Gasteiger partial charge on any atom is 0.230 e. The highest BCUT2D eigenvalue weighted by atomic mass is 32.1. The minimum atomic E-state index is -0.0596. The van der Waals surface area contributed by atoms with Gasteiger partial charge in [-0.3, -0.25) is 4.79 Å². The number of amides is 1. The molecule has 20 heavy (non-hydrogen) atoms. The standard InChI is InChI=1S/C14H16N4OS/c19-14(10-11-4-3-9-20-11)15-12-5-6-13(17-16-12)18-7-1-2-8-18/h3-6,9H,1-2,7-8,10H2,(H,15,16,19). The quantitative estimate of drug-likeness (QED) is 0.938. The number of hydrogen-bond donors (Lipinski definition) is 1. The topological polar surface area (TPSA) is 58.1 Å².